The molecule has 0 saturated heterocycles. The maximum absolute atomic E-state index is 12.3. The molecular weight excluding hydrogens is 258 g/mol. The number of aliphatic hydroxyl groups is 1. The fourth-order valence-corrected chi connectivity index (χ4v) is 3.31. The zero-order chi connectivity index (χ0) is 13.7. The predicted octanol–water partition coefficient (Wildman–Crippen LogP) is 1.18. The van der Waals surface area contributed by atoms with Gasteiger partial charge in [0.05, 0.1) is 0 Å². The van der Waals surface area contributed by atoms with E-state index in [1.807, 2.05) is 6.07 Å². The summed E-state index contributed by atoms with van der Waals surface area (Å²) in [5, 5.41) is 12.5. The molecule has 0 radical (unpaired) electrons. The van der Waals surface area contributed by atoms with Gasteiger partial charge in [0.1, 0.15) is 0 Å². The molecule has 0 spiro atoms. The lowest BCUT2D eigenvalue weighted by Gasteiger charge is -2.39. The van der Waals surface area contributed by atoms with E-state index in [1.165, 1.54) is 0 Å². The molecule has 1 aromatic rings. The van der Waals surface area contributed by atoms with E-state index in [2.05, 4.69) is 17.5 Å². The molecule has 2 N–H and O–H groups in total. The summed E-state index contributed by atoms with van der Waals surface area (Å²) in [5.74, 6) is 1.36. The molecule has 1 aromatic carbocycles. The van der Waals surface area contributed by atoms with E-state index in [9.17, 15) is 9.90 Å². The van der Waals surface area contributed by atoms with Gasteiger partial charge in [0, 0.05) is 30.0 Å². The molecule has 0 fully saturated rings. The van der Waals surface area contributed by atoms with Gasteiger partial charge in [-0.25, -0.2) is 0 Å². The van der Waals surface area contributed by atoms with Crippen molar-refractivity contribution in [2.24, 2.45) is 5.92 Å². The quantitative estimate of drug-likeness (QED) is 0.754. The first-order valence-corrected chi connectivity index (χ1v) is 6.80. The molecule has 5 heteroatoms. The van der Waals surface area contributed by atoms with Crippen LogP contribution in [0.1, 0.15) is 28.3 Å². The van der Waals surface area contributed by atoms with E-state index in [-0.39, 0.29) is 37.2 Å². The standard InChI is InChI=1S/C15H15NO4/c17-6-8-2-1-3-9-10-4-12-13(20-7-19-12)5-11(10)15(18)16-14(8)9/h1,3-5,8-9,14,17H,2,6-7H2,(H,16,18). The average molecular weight is 273 g/mol. The Bertz CT molecular complexity index is 610. The van der Waals surface area contributed by atoms with Gasteiger partial charge in [-0.2, -0.15) is 0 Å². The van der Waals surface area contributed by atoms with Crippen LogP contribution in [0.5, 0.6) is 11.5 Å². The van der Waals surface area contributed by atoms with Gasteiger partial charge in [-0.3, -0.25) is 4.79 Å². The third-order valence-electron chi connectivity index (χ3n) is 4.36. The van der Waals surface area contributed by atoms with Crippen LogP contribution in [0.3, 0.4) is 0 Å². The smallest absolute Gasteiger partial charge is 0.251 e. The normalized spacial score (nSPS) is 29.6. The van der Waals surface area contributed by atoms with Crippen LogP contribution < -0.4 is 14.8 Å². The summed E-state index contributed by atoms with van der Waals surface area (Å²) in [6.07, 6.45) is 4.98. The summed E-state index contributed by atoms with van der Waals surface area (Å²) in [5.41, 5.74) is 1.59. The second-order valence-electron chi connectivity index (χ2n) is 5.42. The van der Waals surface area contributed by atoms with E-state index in [0.717, 1.165) is 12.0 Å². The number of hydrogen-bond donors (Lipinski definition) is 2. The fraction of sp³-hybridized carbons (Fsp3) is 0.400. The number of hydrogen-bond acceptors (Lipinski definition) is 4. The highest BCUT2D eigenvalue weighted by Crippen LogP contribution is 2.43. The zero-order valence-electron chi connectivity index (χ0n) is 10.8. The predicted molar refractivity (Wildman–Crippen MR) is 70.9 cm³/mol. The molecule has 104 valence electrons. The Labute approximate surface area is 116 Å². The largest absolute Gasteiger partial charge is 0.454 e. The van der Waals surface area contributed by atoms with Gasteiger partial charge in [0.2, 0.25) is 6.79 Å². The topological polar surface area (TPSA) is 67.8 Å². The Balaban J connectivity index is 1.84. The van der Waals surface area contributed by atoms with E-state index in [1.54, 1.807) is 6.07 Å². The number of benzene rings is 1. The van der Waals surface area contributed by atoms with Crippen molar-refractivity contribution in [1.82, 2.24) is 5.32 Å². The summed E-state index contributed by atoms with van der Waals surface area (Å²) in [6.45, 7) is 0.273. The number of carbonyl (C=O) groups is 1. The highest BCUT2D eigenvalue weighted by Gasteiger charge is 2.39. The Hall–Kier alpha value is -2.01. The monoisotopic (exact) mass is 273 g/mol. The first kappa shape index (κ1) is 11.8. The third-order valence-corrected chi connectivity index (χ3v) is 4.36. The van der Waals surface area contributed by atoms with Crippen LogP contribution in [-0.4, -0.2) is 30.5 Å². The molecule has 0 saturated carbocycles. The van der Waals surface area contributed by atoms with Crippen LogP contribution in [0.4, 0.5) is 0 Å². The number of nitrogens with one attached hydrogen (secondary N) is 1. The van der Waals surface area contributed by atoms with Crippen LogP contribution in [0.25, 0.3) is 0 Å². The van der Waals surface area contributed by atoms with Gasteiger partial charge in [0.15, 0.2) is 11.5 Å². The Morgan fingerprint density at radius 1 is 1.30 bits per heavy atom. The second kappa shape index (κ2) is 4.24. The number of allylic oxidation sites excluding steroid dienone is 1. The number of carbonyl (C=O) groups excluding carboxylic acids is 1. The highest BCUT2D eigenvalue weighted by atomic mass is 16.7. The number of ether oxygens (including phenoxy) is 2. The minimum atomic E-state index is -0.103. The van der Waals surface area contributed by atoms with Crippen molar-refractivity contribution in [2.75, 3.05) is 13.4 Å². The molecule has 3 atom stereocenters. The molecule has 5 nitrogen and oxygen atoms in total. The van der Waals surface area contributed by atoms with Crippen LogP contribution in [0.15, 0.2) is 24.3 Å². The fourth-order valence-electron chi connectivity index (χ4n) is 3.31. The maximum atomic E-state index is 12.3. The summed E-state index contributed by atoms with van der Waals surface area (Å²) < 4.78 is 10.7. The maximum Gasteiger partial charge on any atom is 0.251 e. The highest BCUT2D eigenvalue weighted by molar-refractivity contribution is 5.98. The molecule has 0 bridgehead atoms. The molecule has 3 unspecified atom stereocenters. The molecule has 0 aromatic heterocycles. The van der Waals surface area contributed by atoms with Gasteiger partial charge < -0.3 is 19.9 Å². The number of amides is 1. The number of aliphatic hydroxyl groups excluding tert-OH is 1. The Kier molecular flexibility index (Phi) is 2.50. The molecule has 4 rings (SSSR count). The van der Waals surface area contributed by atoms with Crippen LogP contribution in [0.2, 0.25) is 0 Å². The van der Waals surface area contributed by atoms with Crippen LogP contribution >= 0.6 is 0 Å². The SMILES string of the molecule is O=C1NC2C(CO)CC=CC2c2cc3c(cc21)OCO3. The molecule has 1 amide bonds. The van der Waals surface area contributed by atoms with E-state index >= 15 is 0 Å². The first-order chi connectivity index (χ1) is 9.78. The number of fused-ring (bicyclic) bond motifs is 4. The van der Waals surface area contributed by atoms with Crippen molar-refractivity contribution >= 4 is 5.91 Å². The summed E-state index contributed by atoms with van der Waals surface area (Å²) in [6, 6.07) is 3.60. The van der Waals surface area contributed by atoms with Gasteiger partial charge in [-0.1, -0.05) is 12.2 Å². The first-order valence-electron chi connectivity index (χ1n) is 6.80. The van der Waals surface area contributed by atoms with Crippen molar-refractivity contribution in [3.63, 3.8) is 0 Å². The number of rotatable bonds is 1. The van der Waals surface area contributed by atoms with E-state index < -0.39 is 0 Å². The summed E-state index contributed by atoms with van der Waals surface area (Å²) in [7, 11) is 0. The zero-order valence-corrected chi connectivity index (χ0v) is 10.8. The van der Waals surface area contributed by atoms with Crippen LogP contribution in [-0.2, 0) is 0 Å². The van der Waals surface area contributed by atoms with E-state index in [0.29, 0.717) is 17.1 Å². The molecule has 1 aliphatic carbocycles. The Morgan fingerprint density at radius 2 is 2.10 bits per heavy atom. The van der Waals surface area contributed by atoms with E-state index in [4.69, 9.17) is 9.47 Å². The van der Waals surface area contributed by atoms with Gasteiger partial charge in [0.25, 0.3) is 5.91 Å². The summed E-state index contributed by atoms with van der Waals surface area (Å²) >= 11 is 0. The molecule has 2 aliphatic heterocycles. The minimum absolute atomic E-state index is 0.0506. The van der Waals surface area contributed by atoms with Crippen molar-refractivity contribution in [3.8, 4) is 11.5 Å². The van der Waals surface area contributed by atoms with Crippen LogP contribution in [0, 0.1) is 5.92 Å². The van der Waals surface area contributed by atoms with Crippen molar-refractivity contribution in [1.29, 1.82) is 0 Å². The molecule has 20 heavy (non-hydrogen) atoms. The lowest BCUT2D eigenvalue weighted by molar-refractivity contribution is 0.0870. The molecule has 2 heterocycles. The van der Waals surface area contributed by atoms with Gasteiger partial charge >= 0.3 is 0 Å². The molecular formula is C15H15NO4. The van der Waals surface area contributed by atoms with Crippen molar-refractivity contribution in [2.45, 2.75) is 18.4 Å². The van der Waals surface area contributed by atoms with Crippen molar-refractivity contribution in [3.05, 3.63) is 35.4 Å². The minimum Gasteiger partial charge on any atom is -0.454 e. The lowest BCUT2D eigenvalue weighted by atomic mass is 9.74. The van der Waals surface area contributed by atoms with Gasteiger partial charge in [-0.15, -0.1) is 0 Å². The second-order valence-corrected chi connectivity index (χ2v) is 5.42. The lowest BCUT2D eigenvalue weighted by Crippen LogP contribution is -2.50. The average Bonchev–Trinajstić information content (AvgIpc) is 2.92. The van der Waals surface area contributed by atoms with Crippen molar-refractivity contribution < 1.29 is 19.4 Å². The summed E-state index contributed by atoms with van der Waals surface area (Å²) in [4.78, 5) is 12.3. The Morgan fingerprint density at radius 3 is 2.90 bits per heavy atom. The van der Waals surface area contributed by atoms with Gasteiger partial charge in [-0.05, 0) is 24.1 Å². The third kappa shape index (κ3) is 1.56. The molecule has 3 aliphatic rings.